The molecule has 0 unspecified atom stereocenters. The zero-order valence-corrected chi connectivity index (χ0v) is 2.76. The molecule has 0 fully saturated rings. The average molecular weight is 79.1 g/mol. The Morgan fingerprint density at radius 2 is 1.20 bits per heavy atom. The van der Waals surface area contributed by atoms with Gasteiger partial charge in [-0.05, 0) is 0 Å². The molecule has 1 radical (unpaired) electrons. The molecule has 0 aromatic heterocycles. The SMILES string of the molecule is OCCO.[OH]. The lowest BCUT2D eigenvalue weighted by atomic mass is 10.8. The van der Waals surface area contributed by atoms with Gasteiger partial charge in [0.2, 0.25) is 0 Å². The molecule has 0 heterocycles. The zero-order chi connectivity index (χ0) is 3.41. The maximum atomic E-state index is 7.62. The highest BCUT2D eigenvalue weighted by Gasteiger charge is 1.58. The van der Waals surface area contributed by atoms with Crippen LogP contribution in [0.15, 0.2) is 0 Å². The van der Waals surface area contributed by atoms with Crippen molar-refractivity contribution in [3.05, 3.63) is 0 Å². The highest BCUT2D eigenvalue weighted by Crippen LogP contribution is 1.39. The summed E-state index contributed by atoms with van der Waals surface area (Å²) < 4.78 is 0. The fraction of sp³-hybridized carbons (Fsp3) is 1.00. The van der Waals surface area contributed by atoms with Gasteiger partial charge in [0.05, 0.1) is 13.2 Å². The van der Waals surface area contributed by atoms with Gasteiger partial charge in [0.25, 0.3) is 0 Å². The zero-order valence-electron chi connectivity index (χ0n) is 2.76. The molecular weight excluding hydrogens is 72.0 g/mol. The van der Waals surface area contributed by atoms with Gasteiger partial charge in [0, 0.05) is 0 Å². The third-order valence-electron chi connectivity index (χ3n) is 0.1000. The molecule has 5 heavy (non-hydrogen) atoms. The van der Waals surface area contributed by atoms with Crippen molar-refractivity contribution in [1.29, 1.82) is 0 Å². The predicted molar refractivity (Wildman–Crippen MR) is 16.1 cm³/mol. The van der Waals surface area contributed by atoms with Crippen LogP contribution in [0.5, 0.6) is 0 Å². The van der Waals surface area contributed by atoms with Gasteiger partial charge in [-0.3, -0.25) is 5.48 Å². The third-order valence-corrected chi connectivity index (χ3v) is 0.1000. The summed E-state index contributed by atoms with van der Waals surface area (Å²) in [6.45, 7) is -0.250. The smallest absolute Gasteiger partial charge is 0.0662 e. The van der Waals surface area contributed by atoms with E-state index < -0.39 is 0 Å². The van der Waals surface area contributed by atoms with Gasteiger partial charge in [-0.15, -0.1) is 0 Å². The van der Waals surface area contributed by atoms with Crippen molar-refractivity contribution < 1.29 is 15.7 Å². The Bertz CT molecular complexity index is 6.85. The number of aliphatic hydroxyl groups excluding tert-OH is 2. The molecule has 3 nitrogen and oxygen atoms in total. The van der Waals surface area contributed by atoms with E-state index in [2.05, 4.69) is 0 Å². The molecule has 0 aliphatic rings. The van der Waals surface area contributed by atoms with E-state index in [0.717, 1.165) is 0 Å². The summed E-state index contributed by atoms with van der Waals surface area (Å²) in [5, 5.41) is 15.2. The van der Waals surface area contributed by atoms with E-state index in [-0.39, 0.29) is 18.7 Å². The van der Waals surface area contributed by atoms with Gasteiger partial charge >= 0.3 is 0 Å². The summed E-state index contributed by atoms with van der Waals surface area (Å²) in [5.41, 5.74) is 0. The molecule has 0 atom stereocenters. The average Bonchev–Trinajstić information content (AvgIpc) is 1.37. The molecule has 0 aliphatic heterocycles. The summed E-state index contributed by atoms with van der Waals surface area (Å²) in [5.74, 6) is 0. The molecule has 0 aromatic carbocycles. The van der Waals surface area contributed by atoms with Gasteiger partial charge < -0.3 is 10.2 Å². The van der Waals surface area contributed by atoms with Crippen LogP contribution in [0.25, 0.3) is 0 Å². The van der Waals surface area contributed by atoms with Crippen LogP contribution in [0.3, 0.4) is 0 Å². The van der Waals surface area contributed by atoms with Gasteiger partial charge in [0.15, 0.2) is 0 Å². The van der Waals surface area contributed by atoms with Crippen LogP contribution >= 0.6 is 0 Å². The van der Waals surface area contributed by atoms with E-state index in [1.165, 1.54) is 0 Å². The Morgan fingerprint density at radius 3 is 1.20 bits per heavy atom. The Kier molecular flexibility index (Phi) is 16.1. The van der Waals surface area contributed by atoms with Crippen molar-refractivity contribution >= 4 is 0 Å². The molecule has 0 rings (SSSR count). The lowest BCUT2D eigenvalue weighted by Gasteiger charge is -1.70. The maximum absolute atomic E-state index is 7.62. The van der Waals surface area contributed by atoms with Crippen LogP contribution in [-0.4, -0.2) is 28.9 Å². The van der Waals surface area contributed by atoms with Crippen LogP contribution in [0.1, 0.15) is 0 Å². The number of rotatable bonds is 1. The molecule has 0 saturated heterocycles. The second-order valence-electron chi connectivity index (χ2n) is 0.447. The van der Waals surface area contributed by atoms with Gasteiger partial charge in [-0.1, -0.05) is 0 Å². The first-order valence-corrected chi connectivity index (χ1v) is 1.13. The Balaban J connectivity index is 0. The molecule has 0 aliphatic carbocycles. The molecule has 3 heteroatoms. The van der Waals surface area contributed by atoms with Gasteiger partial charge in [-0.2, -0.15) is 0 Å². The molecule has 3 N–H and O–H groups in total. The van der Waals surface area contributed by atoms with Crippen LogP contribution < -0.4 is 0 Å². The van der Waals surface area contributed by atoms with Crippen molar-refractivity contribution in [2.45, 2.75) is 0 Å². The monoisotopic (exact) mass is 79.0 g/mol. The van der Waals surface area contributed by atoms with E-state index in [0.29, 0.717) is 0 Å². The van der Waals surface area contributed by atoms with Crippen molar-refractivity contribution in [2.24, 2.45) is 0 Å². The summed E-state index contributed by atoms with van der Waals surface area (Å²) in [6.07, 6.45) is 0. The second kappa shape index (κ2) is 9.11. The first kappa shape index (κ1) is 8.86. The normalized spacial score (nSPS) is 6.00. The number of hydrogen-bond acceptors (Lipinski definition) is 2. The maximum Gasteiger partial charge on any atom is 0.0662 e. The van der Waals surface area contributed by atoms with Crippen molar-refractivity contribution in [2.75, 3.05) is 13.2 Å². The molecule has 0 aromatic rings. The van der Waals surface area contributed by atoms with Crippen LogP contribution in [-0.2, 0) is 0 Å². The van der Waals surface area contributed by atoms with E-state index in [9.17, 15) is 0 Å². The Morgan fingerprint density at radius 1 is 1.00 bits per heavy atom. The quantitative estimate of drug-likeness (QED) is 0.369. The van der Waals surface area contributed by atoms with E-state index in [4.69, 9.17) is 10.2 Å². The van der Waals surface area contributed by atoms with Gasteiger partial charge in [0.1, 0.15) is 0 Å². The second-order valence-corrected chi connectivity index (χ2v) is 0.447. The summed E-state index contributed by atoms with van der Waals surface area (Å²) in [4.78, 5) is 0. The van der Waals surface area contributed by atoms with E-state index >= 15 is 0 Å². The standard InChI is InChI=1S/C2H6O2.HO/c3-1-2-4;/h3-4H,1-2H2;1H. The Labute approximate surface area is 30.2 Å². The van der Waals surface area contributed by atoms with E-state index in [1.807, 2.05) is 0 Å². The first-order valence-electron chi connectivity index (χ1n) is 1.13. The van der Waals surface area contributed by atoms with Crippen molar-refractivity contribution in [3.63, 3.8) is 0 Å². The highest BCUT2D eigenvalue weighted by molar-refractivity contribution is 4.06. The van der Waals surface area contributed by atoms with Crippen LogP contribution in [0.2, 0.25) is 0 Å². The van der Waals surface area contributed by atoms with Crippen molar-refractivity contribution in [1.82, 2.24) is 0 Å². The minimum atomic E-state index is -0.125. The van der Waals surface area contributed by atoms with Gasteiger partial charge in [-0.25, -0.2) is 0 Å². The molecule has 0 saturated carbocycles. The number of hydrogen-bond donors (Lipinski definition) is 3. The lowest BCUT2D eigenvalue weighted by molar-refractivity contribution is 0.186. The summed E-state index contributed by atoms with van der Waals surface area (Å²) in [6, 6.07) is 0. The van der Waals surface area contributed by atoms with E-state index in [1.54, 1.807) is 0 Å². The molecule has 0 spiro atoms. The highest BCUT2D eigenvalue weighted by atomic mass is 16.3. The molecular formula is C2H7O3. The van der Waals surface area contributed by atoms with Crippen LogP contribution in [0.4, 0.5) is 0 Å². The minimum absolute atomic E-state index is 0. The fourth-order valence-corrected chi connectivity index (χ4v) is 0. The molecule has 0 bridgehead atoms. The lowest BCUT2D eigenvalue weighted by Crippen LogP contribution is -1.85. The fourth-order valence-electron chi connectivity index (χ4n) is 0. The Hall–Kier alpha value is -0.120. The summed E-state index contributed by atoms with van der Waals surface area (Å²) in [7, 11) is 0. The topological polar surface area (TPSA) is 70.5 Å². The first-order chi connectivity index (χ1) is 1.91. The number of aliphatic hydroxyl groups is 2. The summed E-state index contributed by atoms with van der Waals surface area (Å²) >= 11 is 0. The third kappa shape index (κ3) is 17.7. The molecule has 33 valence electrons. The largest absolute Gasteiger partial charge is 0.394 e. The van der Waals surface area contributed by atoms with Crippen LogP contribution in [0, 0.1) is 0 Å². The van der Waals surface area contributed by atoms with Crippen molar-refractivity contribution in [3.8, 4) is 0 Å². The molecule has 0 amide bonds. The minimum Gasteiger partial charge on any atom is -0.394 e. The predicted octanol–water partition coefficient (Wildman–Crippen LogP) is -1.21.